The van der Waals surface area contributed by atoms with Gasteiger partial charge in [-0.25, -0.2) is 0 Å². The molecular formula is C13H16ClN3. The fourth-order valence-corrected chi connectivity index (χ4v) is 1.76. The first-order valence-electron chi connectivity index (χ1n) is 5.69. The van der Waals surface area contributed by atoms with E-state index in [1.165, 1.54) is 12.8 Å². The minimum Gasteiger partial charge on any atom is -0.402 e. The van der Waals surface area contributed by atoms with Crippen LogP contribution in [0, 0.1) is 5.92 Å². The Labute approximate surface area is 106 Å². The molecule has 2 rings (SSSR count). The summed E-state index contributed by atoms with van der Waals surface area (Å²) in [7, 11) is 0. The van der Waals surface area contributed by atoms with Crippen LogP contribution in [0.25, 0.3) is 0 Å². The van der Waals surface area contributed by atoms with Gasteiger partial charge in [-0.15, -0.1) is 0 Å². The molecule has 0 atom stereocenters. The molecule has 0 aromatic heterocycles. The summed E-state index contributed by atoms with van der Waals surface area (Å²) in [5, 5.41) is 0.668. The fourth-order valence-electron chi connectivity index (χ4n) is 1.58. The van der Waals surface area contributed by atoms with Crippen molar-refractivity contribution in [1.29, 1.82) is 0 Å². The summed E-state index contributed by atoms with van der Waals surface area (Å²) in [6.07, 6.45) is 4.24. The number of benzene rings is 1. The molecule has 17 heavy (non-hydrogen) atoms. The summed E-state index contributed by atoms with van der Waals surface area (Å²) in [5.41, 5.74) is 14.1. The number of hydrogen-bond acceptors (Lipinski definition) is 3. The molecule has 1 aliphatic carbocycles. The Morgan fingerprint density at radius 2 is 2.24 bits per heavy atom. The van der Waals surface area contributed by atoms with Gasteiger partial charge in [0, 0.05) is 17.3 Å². The van der Waals surface area contributed by atoms with Crippen molar-refractivity contribution in [3.05, 3.63) is 41.1 Å². The van der Waals surface area contributed by atoms with Crippen LogP contribution < -0.4 is 11.5 Å². The Balaban J connectivity index is 2.19. The number of allylic oxidation sites excluding steroid dienone is 1. The van der Waals surface area contributed by atoms with Crippen LogP contribution in [-0.2, 0) is 0 Å². The van der Waals surface area contributed by atoms with Crippen molar-refractivity contribution in [2.75, 3.05) is 6.54 Å². The lowest BCUT2D eigenvalue weighted by atomic mass is 10.2. The third-order valence-corrected chi connectivity index (χ3v) is 2.91. The Kier molecular flexibility index (Phi) is 3.82. The van der Waals surface area contributed by atoms with Crippen LogP contribution in [0.4, 0.5) is 5.69 Å². The molecule has 4 N–H and O–H groups in total. The van der Waals surface area contributed by atoms with Gasteiger partial charge in [-0.2, -0.15) is 0 Å². The quantitative estimate of drug-likeness (QED) is 0.806. The SMILES string of the molecule is NCC(/C=C(\N)C1CC1)=Nc1cccc(Cl)c1. The van der Waals surface area contributed by atoms with Gasteiger partial charge in [0.2, 0.25) is 0 Å². The average molecular weight is 250 g/mol. The largest absolute Gasteiger partial charge is 0.402 e. The first-order valence-corrected chi connectivity index (χ1v) is 6.07. The molecule has 0 amide bonds. The highest BCUT2D eigenvalue weighted by Gasteiger charge is 2.23. The van der Waals surface area contributed by atoms with Crippen LogP contribution in [0.1, 0.15) is 12.8 Å². The molecule has 1 aromatic rings. The van der Waals surface area contributed by atoms with Crippen molar-refractivity contribution < 1.29 is 0 Å². The number of hydrogen-bond donors (Lipinski definition) is 2. The second-order valence-electron chi connectivity index (χ2n) is 4.21. The molecule has 0 saturated heterocycles. The van der Waals surface area contributed by atoms with E-state index < -0.39 is 0 Å². The highest BCUT2D eigenvalue weighted by molar-refractivity contribution is 6.30. The molecule has 3 nitrogen and oxygen atoms in total. The third-order valence-electron chi connectivity index (χ3n) is 2.67. The van der Waals surface area contributed by atoms with Crippen molar-refractivity contribution >= 4 is 23.0 Å². The van der Waals surface area contributed by atoms with E-state index in [2.05, 4.69) is 4.99 Å². The summed E-state index contributed by atoms with van der Waals surface area (Å²) in [4.78, 5) is 4.44. The van der Waals surface area contributed by atoms with Crippen LogP contribution in [0.5, 0.6) is 0 Å². The molecule has 0 radical (unpaired) electrons. The van der Waals surface area contributed by atoms with Crippen molar-refractivity contribution in [2.24, 2.45) is 22.4 Å². The van der Waals surface area contributed by atoms with E-state index in [0.29, 0.717) is 17.5 Å². The van der Waals surface area contributed by atoms with E-state index in [1.54, 1.807) is 6.07 Å². The highest BCUT2D eigenvalue weighted by Crippen LogP contribution is 2.33. The number of nitrogens with two attached hydrogens (primary N) is 2. The molecule has 90 valence electrons. The molecule has 1 fully saturated rings. The maximum Gasteiger partial charge on any atom is 0.0648 e. The predicted octanol–water partition coefficient (Wildman–Crippen LogP) is 2.62. The van der Waals surface area contributed by atoms with E-state index in [-0.39, 0.29) is 0 Å². The van der Waals surface area contributed by atoms with Gasteiger partial charge in [0.05, 0.1) is 11.4 Å². The zero-order valence-corrected chi connectivity index (χ0v) is 10.3. The number of halogens is 1. The molecule has 1 saturated carbocycles. The molecule has 1 aromatic carbocycles. The zero-order valence-electron chi connectivity index (χ0n) is 9.57. The lowest BCUT2D eigenvalue weighted by molar-refractivity contribution is 0.982. The summed E-state index contributed by atoms with van der Waals surface area (Å²) < 4.78 is 0. The number of aliphatic imine (C=N–C) groups is 1. The molecule has 1 aliphatic rings. The Morgan fingerprint density at radius 3 is 2.82 bits per heavy atom. The van der Waals surface area contributed by atoms with E-state index in [0.717, 1.165) is 17.1 Å². The van der Waals surface area contributed by atoms with E-state index in [9.17, 15) is 0 Å². The molecule has 0 spiro atoms. The van der Waals surface area contributed by atoms with Gasteiger partial charge in [-0.05, 0) is 43.0 Å². The minimum absolute atomic E-state index is 0.375. The van der Waals surface area contributed by atoms with Crippen LogP contribution in [0.2, 0.25) is 5.02 Å². The first-order chi connectivity index (χ1) is 8.19. The molecule has 4 heteroatoms. The Morgan fingerprint density at radius 1 is 1.47 bits per heavy atom. The standard InChI is InChI=1S/C13H16ClN3/c14-10-2-1-3-11(6-10)17-12(8-15)7-13(16)9-4-5-9/h1-3,6-7,9H,4-5,8,15-16H2/b13-7-,17-12?. The van der Waals surface area contributed by atoms with Crippen LogP contribution in [0.15, 0.2) is 41.0 Å². The van der Waals surface area contributed by atoms with Gasteiger partial charge in [0.1, 0.15) is 0 Å². The molecule has 0 heterocycles. The second kappa shape index (κ2) is 5.34. The highest BCUT2D eigenvalue weighted by atomic mass is 35.5. The zero-order chi connectivity index (χ0) is 12.3. The lowest BCUT2D eigenvalue weighted by Crippen LogP contribution is -2.14. The summed E-state index contributed by atoms with van der Waals surface area (Å²) in [6, 6.07) is 7.38. The maximum absolute atomic E-state index is 5.94. The lowest BCUT2D eigenvalue weighted by Gasteiger charge is -2.02. The molecule has 0 unspecified atom stereocenters. The Bertz CT molecular complexity index is 461. The van der Waals surface area contributed by atoms with Crippen LogP contribution in [0.3, 0.4) is 0 Å². The van der Waals surface area contributed by atoms with Crippen LogP contribution >= 0.6 is 11.6 Å². The monoisotopic (exact) mass is 249 g/mol. The van der Waals surface area contributed by atoms with E-state index >= 15 is 0 Å². The van der Waals surface area contributed by atoms with Crippen molar-refractivity contribution in [3.8, 4) is 0 Å². The summed E-state index contributed by atoms with van der Waals surface area (Å²) in [5.74, 6) is 0.533. The van der Waals surface area contributed by atoms with Crippen molar-refractivity contribution in [1.82, 2.24) is 0 Å². The molecular weight excluding hydrogens is 234 g/mol. The Hall–Kier alpha value is -1.32. The van der Waals surface area contributed by atoms with Crippen molar-refractivity contribution in [3.63, 3.8) is 0 Å². The van der Waals surface area contributed by atoms with Gasteiger partial charge in [0.15, 0.2) is 0 Å². The fraction of sp³-hybridized carbons (Fsp3) is 0.308. The van der Waals surface area contributed by atoms with Gasteiger partial charge < -0.3 is 11.5 Å². The topological polar surface area (TPSA) is 64.4 Å². The molecule has 0 aliphatic heterocycles. The van der Waals surface area contributed by atoms with Crippen LogP contribution in [-0.4, -0.2) is 12.3 Å². The van der Waals surface area contributed by atoms with Gasteiger partial charge >= 0.3 is 0 Å². The summed E-state index contributed by atoms with van der Waals surface area (Å²) in [6.45, 7) is 0.375. The second-order valence-corrected chi connectivity index (χ2v) is 4.64. The number of nitrogens with zero attached hydrogens (tertiary/aromatic N) is 1. The van der Waals surface area contributed by atoms with Gasteiger partial charge in [-0.3, -0.25) is 4.99 Å². The average Bonchev–Trinajstić information content (AvgIpc) is 3.12. The smallest absolute Gasteiger partial charge is 0.0648 e. The van der Waals surface area contributed by atoms with Crippen molar-refractivity contribution in [2.45, 2.75) is 12.8 Å². The predicted molar refractivity (Wildman–Crippen MR) is 72.6 cm³/mol. The van der Waals surface area contributed by atoms with E-state index in [1.807, 2.05) is 24.3 Å². The third kappa shape index (κ3) is 3.58. The van der Waals surface area contributed by atoms with Gasteiger partial charge in [0.25, 0.3) is 0 Å². The van der Waals surface area contributed by atoms with Gasteiger partial charge in [-0.1, -0.05) is 17.7 Å². The normalized spacial score (nSPS) is 17.3. The summed E-state index contributed by atoms with van der Waals surface area (Å²) >= 11 is 5.90. The van der Waals surface area contributed by atoms with E-state index in [4.69, 9.17) is 23.1 Å². The first kappa shape index (κ1) is 12.1. The minimum atomic E-state index is 0.375. The molecule has 0 bridgehead atoms. The maximum atomic E-state index is 5.94. The number of rotatable bonds is 4.